The number of nitrogens with zero attached hydrogens (tertiary/aromatic N) is 2. The van der Waals surface area contributed by atoms with Crippen LogP contribution < -0.4 is 14.5 Å². The van der Waals surface area contributed by atoms with Gasteiger partial charge in [0.2, 0.25) is 0 Å². The highest BCUT2D eigenvalue weighted by molar-refractivity contribution is 6.34. The summed E-state index contributed by atoms with van der Waals surface area (Å²) in [6.45, 7) is 2.40. The van der Waals surface area contributed by atoms with Gasteiger partial charge in [-0.3, -0.25) is 9.59 Å². The molecule has 2 aromatic carbocycles. The average molecular weight is 394 g/mol. The van der Waals surface area contributed by atoms with Crippen LogP contribution in [0.5, 0.6) is 11.5 Å². The molecule has 0 fully saturated rings. The zero-order valence-electron chi connectivity index (χ0n) is 16.5. The highest BCUT2D eigenvalue weighted by atomic mass is 16.5. The second-order valence-corrected chi connectivity index (χ2v) is 6.15. The summed E-state index contributed by atoms with van der Waals surface area (Å²) in [5.74, 6) is 0.381. The first-order chi connectivity index (χ1) is 14.1. The van der Waals surface area contributed by atoms with Crippen molar-refractivity contribution in [1.82, 2.24) is 0 Å². The summed E-state index contributed by atoms with van der Waals surface area (Å²) in [7, 11) is 2.85. The van der Waals surface area contributed by atoms with Crippen LogP contribution in [-0.4, -0.2) is 38.4 Å². The smallest absolute Gasteiger partial charge is 0.311 e. The number of rotatable bonds is 7. The van der Waals surface area contributed by atoms with Gasteiger partial charge in [-0.05, 0) is 42.8 Å². The van der Waals surface area contributed by atoms with E-state index < -0.39 is 5.97 Å². The predicted molar refractivity (Wildman–Crippen MR) is 110 cm³/mol. The molecule has 7 nitrogen and oxygen atoms in total. The van der Waals surface area contributed by atoms with Crippen LogP contribution in [0.25, 0.3) is 6.08 Å². The molecule has 1 amide bonds. The van der Waals surface area contributed by atoms with Crippen LogP contribution in [-0.2, 0) is 14.3 Å². The Bertz CT molecular complexity index is 966. The molecule has 7 heteroatoms. The Morgan fingerprint density at radius 3 is 2.52 bits per heavy atom. The fourth-order valence-electron chi connectivity index (χ4n) is 2.90. The number of carbonyl (C=O) groups excluding carboxylic acids is 2. The van der Waals surface area contributed by atoms with Crippen LogP contribution in [0.3, 0.4) is 0 Å². The number of amides is 1. The minimum absolute atomic E-state index is 0.106. The summed E-state index contributed by atoms with van der Waals surface area (Å²) in [5, 5.41) is 5.66. The highest BCUT2D eigenvalue weighted by Gasteiger charge is 2.32. The minimum atomic E-state index is -0.471. The first-order valence-electron chi connectivity index (χ1n) is 9.14. The summed E-state index contributed by atoms with van der Waals surface area (Å²) in [5.41, 5.74) is 2.01. The number of benzene rings is 2. The van der Waals surface area contributed by atoms with E-state index in [-0.39, 0.29) is 12.3 Å². The van der Waals surface area contributed by atoms with Gasteiger partial charge in [0.25, 0.3) is 5.91 Å². The maximum Gasteiger partial charge on any atom is 0.311 e. The highest BCUT2D eigenvalue weighted by Crippen LogP contribution is 2.31. The fraction of sp³-hybridized carbons (Fsp3) is 0.227. The van der Waals surface area contributed by atoms with Crippen LogP contribution in [0, 0.1) is 0 Å². The van der Waals surface area contributed by atoms with Gasteiger partial charge >= 0.3 is 5.97 Å². The van der Waals surface area contributed by atoms with Crippen molar-refractivity contribution in [2.75, 3.05) is 25.8 Å². The lowest BCUT2D eigenvalue weighted by Crippen LogP contribution is -2.21. The minimum Gasteiger partial charge on any atom is -0.493 e. The number of hydrazone groups is 1. The molecule has 150 valence electrons. The van der Waals surface area contributed by atoms with Crippen LogP contribution in [0.15, 0.2) is 59.2 Å². The molecule has 0 atom stereocenters. The standard InChI is InChI=1S/C22H22N2O5/c1-4-29-19-11-10-15(13-20(19)27-2)12-17-18(14-21(25)28-3)23-24(22(17)26)16-8-6-5-7-9-16/h5-13H,4,14H2,1-3H3/b17-12-. The Morgan fingerprint density at radius 2 is 1.86 bits per heavy atom. The number of carbonyl (C=O) groups is 2. The zero-order valence-corrected chi connectivity index (χ0v) is 16.5. The van der Waals surface area contributed by atoms with Crippen molar-refractivity contribution in [2.45, 2.75) is 13.3 Å². The van der Waals surface area contributed by atoms with E-state index in [9.17, 15) is 9.59 Å². The molecule has 0 radical (unpaired) electrons. The largest absolute Gasteiger partial charge is 0.493 e. The monoisotopic (exact) mass is 394 g/mol. The van der Waals surface area contributed by atoms with Gasteiger partial charge in [-0.2, -0.15) is 10.1 Å². The molecule has 0 aliphatic carbocycles. The molecule has 3 rings (SSSR count). The summed E-state index contributed by atoms with van der Waals surface area (Å²) < 4.78 is 15.7. The Hall–Kier alpha value is -3.61. The summed E-state index contributed by atoms with van der Waals surface area (Å²) in [6, 6.07) is 14.4. The van der Waals surface area contributed by atoms with Gasteiger partial charge in [0, 0.05) is 0 Å². The number of hydrogen-bond donors (Lipinski definition) is 0. The number of para-hydroxylation sites is 1. The van der Waals surface area contributed by atoms with Crippen molar-refractivity contribution in [3.05, 3.63) is 59.7 Å². The maximum atomic E-state index is 13.0. The van der Waals surface area contributed by atoms with E-state index in [1.165, 1.54) is 12.1 Å². The first kappa shape index (κ1) is 20.1. The van der Waals surface area contributed by atoms with Crippen molar-refractivity contribution < 1.29 is 23.8 Å². The first-order valence-corrected chi connectivity index (χ1v) is 9.14. The molecular formula is C22H22N2O5. The molecule has 0 saturated heterocycles. The molecule has 0 bridgehead atoms. The number of methoxy groups -OCH3 is 2. The summed E-state index contributed by atoms with van der Waals surface area (Å²) >= 11 is 0. The van der Waals surface area contributed by atoms with Crippen molar-refractivity contribution >= 4 is 29.4 Å². The third-order valence-electron chi connectivity index (χ3n) is 4.29. The molecule has 1 aliphatic rings. The van der Waals surface area contributed by atoms with E-state index >= 15 is 0 Å². The molecule has 2 aromatic rings. The molecule has 1 aliphatic heterocycles. The van der Waals surface area contributed by atoms with Gasteiger partial charge in [0.15, 0.2) is 11.5 Å². The molecular weight excluding hydrogens is 372 g/mol. The predicted octanol–water partition coefficient (Wildman–Crippen LogP) is 3.44. The number of ether oxygens (including phenoxy) is 3. The van der Waals surface area contributed by atoms with Gasteiger partial charge in [-0.25, -0.2) is 0 Å². The van der Waals surface area contributed by atoms with Crippen molar-refractivity contribution in [2.24, 2.45) is 5.10 Å². The molecule has 0 aromatic heterocycles. The molecule has 29 heavy (non-hydrogen) atoms. The summed E-state index contributed by atoms with van der Waals surface area (Å²) in [4.78, 5) is 24.9. The van der Waals surface area contributed by atoms with E-state index in [0.717, 1.165) is 5.56 Å². The maximum absolute atomic E-state index is 13.0. The number of anilines is 1. The lowest BCUT2D eigenvalue weighted by Gasteiger charge is -2.11. The Morgan fingerprint density at radius 1 is 1.10 bits per heavy atom. The fourth-order valence-corrected chi connectivity index (χ4v) is 2.90. The van der Waals surface area contributed by atoms with Gasteiger partial charge in [0.1, 0.15) is 0 Å². The van der Waals surface area contributed by atoms with Crippen molar-refractivity contribution in [3.8, 4) is 11.5 Å². The second-order valence-electron chi connectivity index (χ2n) is 6.15. The van der Waals surface area contributed by atoms with Crippen LogP contribution in [0.4, 0.5) is 5.69 Å². The van der Waals surface area contributed by atoms with Crippen molar-refractivity contribution in [3.63, 3.8) is 0 Å². The van der Waals surface area contributed by atoms with E-state index in [1.807, 2.05) is 31.2 Å². The van der Waals surface area contributed by atoms with E-state index in [0.29, 0.717) is 35.1 Å². The Balaban J connectivity index is 2.00. The molecule has 0 spiro atoms. The van der Waals surface area contributed by atoms with Gasteiger partial charge in [-0.1, -0.05) is 24.3 Å². The van der Waals surface area contributed by atoms with Crippen molar-refractivity contribution in [1.29, 1.82) is 0 Å². The molecule has 0 unspecified atom stereocenters. The zero-order chi connectivity index (χ0) is 20.8. The lowest BCUT2D eigenvalue weighted by molar-refractivity contribution is -0.139. The topological polar surface area (TPSA) is 77.4 Å². The van der Waals surface area contributed by atoms with E-state index in [4.69, 9.17) is 14.2 Å². The van der Waals surface area contributed by atoms with E-state index in [2.05, 4.69) is 5.10 Å². The lowest BCUT2D eigenvalue weighted by atomic mass is 10.0. The quantitative estimate of drug-likeness (QED) is 0.531. The molecule has 1 heterocycles. The summed E-state index contributed by atoms with van der Waals surface area (Å²) in [6.07, 6.45) is 1.58. The van der Waals surface area contributed by atoms with Gasteiger partial charge < -0.3 is 14.2 Å². The number of hydrogen-bond acceptors (Lipinski definition) is 6. The third-order valence-corrected chi connectivity index (χ3v) is 4.29. The SMILES string of the molecule is CCOc1ccc(/C=C2\C(=O)N(c3ccccc3)N=C2CC(=O)OC)cc1OC. The second kappa shape index (κ2) is 9.05. The molecule has 0 saturated carbocycles. The Labute approximate surface area is 169 Å². The number of esters is 1. The van der Waals surface area contributed by atoms with E-state index in [1.54, 1.807) is 37.5 Å². The third kappa shape index (κ3) is 4.45. The van der Waals surface area contributed by atoms with Crippen LogP contribution in [0.2, 0.25) is 0 Å². The Kier molecular flexibility index (Phi) is 6.29. The average Bonchev–Trinajstić information content (AvgIpc) is 3.05. The van der Waals surface area contributed by atoms with Gasteiger partial charge in [-0.15, -0.1) is 0 Å². The van der Waals surface area contributed by atoms with Gasteiger partial charge in [0.05, 0.1) is 44.2 Å². The van der Waals surface area contributed by atoms with Crippen LogP contribution in [0.1, 0.15) is 18.9 Å². The van der Waals surface area contributed by atoms with Crippen LogP contribution >= 0.6 is 0 Å². The molecule has 0 N–H and O–H groups in total. The normalized spacial score (nSPS) is 14.7.